The second-order valence-electron chi connectivity index (χ2n) is 6.45. The molecule has 0 fully saturated rings. The van der Waals surface area contributed by atoms with Gasteiger partial charge in [0, 0.05) is 4.91 Å². The molecule has 3 rings (SSSR count). The first kappa shape index (κ1) is 20.1. The van der Waals surface area contributed by atoms with Crippen molar-refractivity contribution in [3.8, 4) is 11.5 Å². The second-order valence-corrected chi connectivity index (χ2v) is 6.45. The number of nitrogens with zero attached hydrogens (tertiary/aromatic N) is 3. The molecule has 0 aliphatic rings. The van der Waals surface area contributed by atoms with Crippen molar-refractivity contribution in [1.29, 1.82) is 0 Å². The van der Waals surface area contributed by atoms with E-state index in [9.17, 15) is 5.11 Å². The lowest BCUT2D eigenvalue weighted by Crippen LogP contribution is -2.00. The standard InChI is InChI=1S/C24H23N3O2/c1-2-23(18-6-4-3-5-7-18)24(19-8-12-21(28)13-9-19)20-10-14-22(15-11-20)29-17-16-26-27-25/h3-15,28H,2,16-17H2,1H3/b24-23-. The number of hydrogen-bond donors (Lipinski definition) is 1. The third kappa shape index (κ3) is 5.18. The van der Waals surface area contributed by atoms with Gasteiger partial charge < -0.3 is 9.84 Å². The van der Waals surface area contributed by atoms with E-state index in [0.717, 1.165) is 28.9 Å². The first-order chi connectivity index (χ1) is 14.2. The van der Waals surface area contributed by atoms with Crippen molar-refractivity contribution < 1.29 is 9.84 Å². The van der Waals surface area contributed by atoms with E-state index in [1.807, 2.05) is 54.6 Å². The van der Waals surface area contributed by atoms with Gasteiger partial charge in [0.05, 0.1) is 13.2 Å². The predicted octanol–water partition coefficient (Wildman–Crippen LogP) is 6.45. The Balaban J connectivity index is 2.03. The lowest BCUT2D eigenvalue weighted by molar-refractivity contribution is 0.328. The summed E-state index contributed by atoms with van der Waals surface area (Å²) in [6.45, 7) is 2.79. The Labute approximate surface area is 170 Å². The first-order valence-electron chi connectivity index (χ1n) is 9.55. The van der Waals surface area contributed by atoms with Crippen LogP contribution in [0.1, 0.15) is 30.0 Å². The zero-order valence-corrected chi connectivity index (χ0v) is 16.3. The van der Waals surface area contributed by atoms with Gasteiger partial charge in [0.1, 0.15) is 11.5 Å². The lowest BCUT2D eigenvalue weighted by Gasteiger charge is -2.17. The average molecular weight is 385 g/mol. The first-order valence-corrected chi connectivity index (χ1v) is 9.55. The maximum Gasteiger partial charge on any atom is 0.119 e. The molecule has 0 spiro atoms. The van der Waals surface area contributed by atoms with Gasteiger partial charge in [-0.05, 0) is 64.1 Å². The summed E-state index contributed by atoms with van der Waals surface area (Å²) in [5, 5.41) is 13.2. The number of phenols is 1. The molecule has 0 aromatic heterocycles. The van der Waals surface area contributed by atoms with Crippen molar-refractivity contribution >= 4 is 11.1 Å². The van der Waals surface area contributed by atoms with Gasteiger partial charge in [-0.3, -0.25) is 0 Å². The number of hydrogen-bond acceptors (Lipinski definition) is 3. The number of benzene rings is 3. The van der Waals surface area contributed by atoms with Gasteiger partial charge in [0.15, 0.2) is 0 Å². The summed E-state index contributed by atoms with van der Waals surface area (Å²) in [4.78, 5) is 2.72. The molecule has 0 saturated carbocycles. The predicted molar refractivity (Wildman–Crippen MR) is 117 cm³/mol. The van der Waals surface area contributed by atoms with Gasteiger partial charge >= 0.3 is 0 Å². The van der Waals surface area contributed by atoms with E-state index in [4.69, 9.17) is 10.3 Å². The largest absolute Gasteiger partial charge is 0.508 e. The average Bonchev–Trinajstić information content (AvgIpc) is 2.77. The highest BCUT2D eigenvalue weighted by Crippen LogP contribution is 2.35. The summed E-state index contributed by atoms with van der Waals surface area (Å²) >= 11 is 0. The number of rotatable bonds is 8. The van der Waals surface area contributed by atoms with Gasteiger partial charge in [0.2, 0.25) is 0 Å². The van der Waals surface area contributed by atoms with Crippen LogP contribution in [0.15, 0.2) is 84.0 Å². The van der Waals surface area contributed by atoms with Crippen LogP contribution in [0.3, 0.4) is 0 Å². The molecule has 5 nitrogen and oxygen atoms in total. The SMILES string of the molecule is CC/C(=C(\c1ccc(O)cc1)c1ccc(OCCN=[N+]=[N-])cc1)c1ccccc1. The molecule has 3 aromatic rings. The van der Waals surface area contributed by atoms with Crippen molar-refractivity contribution in [3.63, 3.8) is 0 Å². The smallest absolute Gasteiger partial charge is 0.119 e. The second kappa shape index (κ2) is 10.0. The van der Waals surface area contributed by atoms with E-state index >= 15 is 0 Å². The van der Waals surface area contributed by atoms with Crippen LogP contribution >= 0.6 is 0 Å². The van der Waals surface area contributed by atoms with Crippen LogP contribution < -0.4 is 4.74 Å². The van der Waals surface area contributed by atoms with Crippen molar-refractivity contribution in [1.82, 2.24) is 0 Å². The highest BCUT2D eigenvalue weighted by molar-refractivity contribution is 5.98. The highest BCUT2D eigenvalue weighted by atomic mass is 16.5. The number of aromatic hydroxyl groups is 1. The Morgan fingerprint density at radius 3 is 2.10 bits per heavy atom. The van der Waals surface area contributed by atoms with Crippen molar-refractivity contribution in [2.75, 3.05) is 13.2 Å². The van der Waals surface area contributed by atoms with Gasteiger partial charge in [0.25, 0.3) is 0 Å². The fourth-order valence-electron chi connectivity index (χ4n) is 3.27. The number of ether oxygens (including phenoxy) is 1. The van der Waals surface area contributed by atoms with Crippen LogP contribution in [-0.4, -0.2) is 18.3 Å². The maximum absolute atomic E-state index is 9.72. The van der Waals surface area contributed by atoms with E-state index < -0.39 is 0 Å². The van der Waals surface area contributed by atoms with Crippen molar-refractivity contribution in [2.45, 2.75) is 13.3 Å². The molecule has 0 heterocycles. The minimum Gasteiger partial charge on any atom is -0.508 e. The Bertz CT molecular complexity index is 1000. The third-order valence-electron chi connectivity index (χ3n) is 4.60. The van der Waals surface area contributed by atoms with Crippen molar-refractivity contribution in [2.24, 2.45) is 5.11 Å². The molecule has 0 saturated heterocycles. The molecule has 0 atom stereocenters. The fourth-order valence-corrected chi connectivity index (χ4v) is 3.27. The Hall–Kier alpha value is -3.69. The number of phenolic OH excluding ortho intramolecular Hbond substituents is 1. The summed E-state index contributed by atoms with van der Waals surface area (Å²) in [5.41, 5.74) is 14.0. The molecule has 0 aliphatic heterocycles. The van der Waals surface area contributed by atoms with E-state index in [1.54, 1.807) is 12.1 Å². The monoisotopic (exact) mass is 385 g/mol. The molecule has 0 radical (unpaired) electrons. The normalized spacial score (nSPS) is 11.3. The number of azide groups is 1. The molecule has 146 valence electrons. The summed E-state index contributed by atoms with van der Waals surface area (Å²) in [5.74, 6) is 0.972. The van der Waals surface area contributed by atoms with Crippen LogP contribution in [0.25, 0.3) is 21.6 Å². The van der Waals surface area contributed by atoms with Crippen LogP contribution in [0.5, 0.6) is 11.5 Å². The van der Waals surface area contributed by atoms with E-state index in [0.29, 0.717) is 13.2 Å². The molecule has 1 N–H and O–H groups in total. The van der Waals surface area contributed by atoms with Crippen LogP contribution in [-0.2, 0) is 0 Å². The highest BCUT2D eigenvalue weighted by Gasteiger charge is 2.13. The Morgan fingerprint density at radius 1 is 0.897 bits per heavy atom. The van der Waals surface area contributed by atoms with Crippen LogP contribution in [0, 0.1) is 0 Å². The molecule has 0 unspecified atom stereocenters. The topological polar surface area (TPSA) is 78.2 Å². The van der Waals surface area contributed by atoms with E-state index in [1.165, 1.54) is 11.1 Å². The van der Waals surface area contributed by atoms with E-state index in [2.05, 4.69) is 29.1 Å². The molecule has 0 amide bonds. The van der Waals surface area contributed by atoms with Crippen LogP contribution in [0.2, 0.25) is 0 Å². The quantitative estimate of drug-likeness (QED) is 0.159. The summed E-state index contributed by atoms with van der Waals surface area (Å²) < 4.78 is 5.62. The third-order valence-corrected chi connectivity index (χ3v) is 4.60. The minimum absolute atomic E-state index is 0.245. The molecular weight excluding hydrogens is 362 g/mol. The zero-order valence-electron chi connectivity index (χ0n) is 16.3. The fraction of sp³-hybridized carbons (Fsp3) is 0.167. The molecule has 0 aliphatic carbocycles. The molecular formula is C24H23N3O2. The summed E-state index contributed by atoms with van der Waals surface area (Å²) in [6, 6.07) is 25.5. The molecule has 5 heteroatoms. The Morgan fingerprint density at radius 2 is 1.52 bits per heavy atom. The van der Waals surface area contributed by atoms with E-state index in [-0.39, 0.29) is 5.75 Å². The van der Waals surface area contributed by atoms with Gasteiger partial charge in [-0.2, -0.15) is 0 Å². The van der Waals surface area contributed by atoms with Gasteiger partial charge in [-0.1, -0.05) is 66.6 Å². The van der Waals surface area contributed by atoms with Crippen LogP contribution in [0.4, 0.5) is 0 Å². The van der Waals surface area contributed by atoms with Gasteiger partial charge in [-0.25, -0.2) is 0 Å². The lowest BCUT2D eigenvalue weighted by atomic mass is 9.88. The number of allylic oxidation sites excluding steroid dienone is 1. The molecule has 0 bridgehead atoms. The minimum atomic E-state index is 0.245. The summed E-state index contributed by atoms with van der Waals surface area (Å²) in [7, 11) is 0. The summed E-state index contributed by atoms with van der Waals surface area (Å²) in [6.07, 6.45) is 0.866. The molecule has 29 heavy (non-hydrogen) atoms. The zero-order chi connectivity index (χ0) is 20.5. The maximum atomic E-state index is 9.72. The Kier molecular flexibility index (Phi) is 6.93. The van der Waals surface area contributed by atoms with Gasteiger partial charge in [-0.15, -0.1) is 0 Å². The van der Waals surface area contributed by atoms with Crippen molar-refractivity contribution in [3.05, 3.63) is 106 Å². The molecule has 3 aromatic carbocycles.